The Morgan fingerprint density at radius 1 is 1.05 bits per heavy atom. The number of carbonyl (C=O) groups is 2. The topological polar surface area (TPSA) is 80.3 Å². The van der Waals surface area contributed by atoms with Crippen molar-refractivity contribution in [2.24, 2.45) is 11.3 Å². The molecule has 0 N–H and O–H groups in total. The standard InChI is InChI=1S/C13H24O4.K.Li/c1-4-5-6-7-8-9-10(2)13(3,11(14)15)12(16)17;;/h10H,4-9H2,1-3H3,(H,14,15)(H,16,17);;/q;2*+1/p-2. The monoisotopic (exact) mass is 288 g/mol. The fourth-order valence-corrected chi connectivity index (χ4v) is 1.83. The predicted octanol–water partition coefficient (Wildman–Crippen LogP) is -5.50. The summed E-state index contributed by atoms with van der Waals surface area (Å²) in [6.07, 6.45) is 5.84. The number of hydrogen-bond acceptors (Lipinski definition) is 4. The number of carbonyl (C=O) groups excluding carboxylic acids is 2. The van der Waals surface area contributed by atoms with Gasteiger partial charge in [-0.15, -0.1) is 0 Å². The molecule has 0 fully saturated rings. The van der Waals surface area contributed by atoms with Gasteiger partial charge in [-0.25, -0.2) is 0 Å². The fourth-order valence-electron chi connectivity index (χ4n) is 1.83. The molecule has 0 heterocycles. The molecule has 0 aliphatic carbocycles. The van der Waals surface area contributed by atoms with Crippen LogP contribution >= 0.6 is 0 Å². The van der Waals surface area contributed by atoms with Crippen LogP contribution in [0.5, 0.6) is 0 Å². The second kappa shape index (κ2) is 12.9. The number of rotatable bonds is 9. The van der Waals surface area contributed by atoms with E-state index in [4.69, 9.17) is 0 Å². The molecule has 1 unspecified atom stereocenters. The second-order valence-electron chi connectivity index (χ2n) is 4.88. The molecule has 6 heteroatoms. The maximum Gasteiger partial charge on any atom is 1.00 e. The molecule has 0 aliphatic heterocycles. The normalized spacial score (nSPS) is 11.9. The molecule has 0 radical (unpaired) electrons. The Morgan fingerprint density at radius 2 is 1.47 bits per heavy atom. The minimum atomic E-state index is -1.88. The van der Waals surface area contributed by atoms with Crippen molar-refractivity contribution in [3.8, 4) is 0 Å². The van der Waals surface area contributed by atoms with Gasteiger partial charge in [0.25, 0.3) is 0 Å². The van der Waals surface area contributed by atoms with Crippen LogP contribution in [-0.4, -0.2) is 11.9 Å². The summed E-state index contributed by atoms with van der Waals surface area (Å²) in [5, 5.41) is 21.8. The van der Waals surface area contributed by atoms with Crippen molar-refractivity contribution < 1.29 is 90.0 Å². The molecule has 0 aromatic carbocycles. The van der Waals surface area contributed by atoms with E-state index in [1.54, 1.807) is 6.92 Å². The first-order chi connectivity index (χ1) is 7.87. The van der Waals surface area contributed by atoms with E-state index in [-0.39, 0.29) is 70.2 Å². The van der Waals surface area contributed by atoms with Gasteiger partial charge in [0.05, 0.1) is 11.9 Å². The van der Waals surface area contributed by atoms with E-state index < -0.39 is 23.3 Å². The smallest absolute Gasteiger partial charge is 0.549 e. The molecule has 0 aliphatic rings. The van der Waals surface area contributed by atoms with Crippen LogP contribution < -0.4 is 80.5 Å². The Bertz CT molecular complexity index is 257. The molecule has 0 saturated carbocycles. The number of aliphatic carboxylic acids is 2. The van der Waals surface area contributed by atoms with Crippen molar-refractivity contribution in [3.63, 3.8) is 0 Å². The largest absolute Gasteiger partial charge is 1.00 e. The molecular formula is C13H22KLiO4. The van der Waals surface area contributed by atoms with Crippen LogP contribution in [0.1, 0.15) is 59.3 Å². The van der Waals surface area contributed by atoms with Crippen LogP contribution in [0.15, 0.2) is 0 Å². The SMILES string of the molecule is CCCCCCCC(C)C(C)(C(=O)[O-])C(=O)[O-].[K+].[Li+]. The third-order valence-corrected chi connectivity index (χ3v) is 3.57. The van der Waals surface area contributed by atoms with E-state index in [9.17, 15) is 19.8 Å². The zero-order chi connectivity index (χ0) is 13.5. The average molecular weight is 288 g/mol. The molecule has 0 rings (SSSR count). The number of carboxylic acid groups (broad SMARTS) is 2. The molecule has 0 amide bonds. The van der Waals surface area contributed by atoms with E-state index >= 15 is 0 Å². The third-order valence-electron chi connectivity index (χ3n) is 3.57. The van der Waals surface area contributed by atoms with Crippen molar-refractivity contribution in [2.45, 2.75) is 59.3 Å². The Kier molecular flexibility index (Phi) is 17.0. The van der Waals surface area contributed by atoms with Crippen LogP contribution in [0, 0.1) is 11.3 Å². The van der Waals surface area contributed by atoms with Gasteiger partial charge in [-0.3, -0.25) is 0 Å². The van der Waals surface area contributed by atoms with Gasteiger partial charge in [0.15, 0.2) is 0 Å². The maximum absolute atomic E-state index is 10.9. The Morgan fingerprint density at radius 3 is 1.84 bits per heavy atom. The van der Waals surface area contributed by atoms with Crippen molar-refractivity contribution >= 4 is 11.9 Å². The summed E-state index contributed by atoms with van der Waals surface area (Å²) in [7, 11) is 0. The van der Waals surface area contributed by atoms with Crippen LogP contribution in [0.4, 0.5) is 0 Å². The number of unbranched alkanes of at least 4 members (excludes halogenated alkanes) is 4. The molecule has 100 valence electrons. The van der Waals surface area contributed by atoms with Gasteiger partial charge >= 0.3 is 70.2 Å². The summed E-state index contributed by atoms with van der Waals surface area (Å²) in [6, 6.07) is 0. The predicted molar refractivity (Wildman–Crippen MR) is 60.7 cm³/mol. The van der Waals surface area contributed by atoms with Crippen LogP contribution in [0.2, 0.25) is 0 Å². The Hall–Kier alpha value is 1.17. The van der Waals surface area contributed by atoms with Gasteiger partial charge < -0.3 is 19.8 Å². The average Bonchev–Trinajstić information content (AvgIpc) is 2.26. The van der Waals surface area contributed by atoms with Crippen molar-refractivity contribution in [2.75, 3.05) is 0 Å². The fraction of sp³-hybridized carbons (Fsp3) is 0.846. The first-order valence-electron chi connectivity index (χ1n) is 6.30. The van der Waals surface area contributed by atoms with E-state index in [1.165, 1.54) is 6.92 Å². The second-order valence-corrected chi connectivity index (χ2v) is 4.88. The maximum atomic E-state index is 10.9. The van der Waals surface area contributed by atoms with E-state index in [0.717, 1.165) is 32.1 Å². The zero-order valence-corrected chi connectivity index (χ0v) is 16.1. The van der Waals surface area contributed by atoms with Gasteiger partial charge in [-0.1, -0.05) is 46.0 Å². The van der Waals surface area contributed by atoms with E-state index in [2.05, 4.69) is 6.92 Å². The summed E-state index contributed by atoms with van der Waals surface area (Å²) < 4.78 is 0. The molecule has 0 aromatic heterocycles. The minimum absolute atomic E-state index is 0. The Labute approximate surface area is 170 Å². The molecule has 0 aromatic rings. The van der Waals surface area contributed by atoms with Gasteiger partial charge in [0.1, 0.15) is 0 Å². The summed E-state index contributed by atoms with van der Waals surface area (Å²) in [6.45, 7) is 4.92. The van der Waals surface area contributed by atoms with Crippen molar-refractivity contribution in [1.29, 1.82) is 0 Å². The summed E-state index contributed by atoms with van der Waals surface area (Å²) in [4.78, 5) is 21.8. The van der Waals surface area contributed by atoms with E-state index in [0.29, 0.717) is 6.42 Å². The first-order valence-corrected chi connectivity index (χ1v) is 6.30. The van der Waals surface area contributed by atoms with E-state index in [1.807, 2.05) is 0 Å². The van der Waals surface area contributed by atoms with Crippen LogP contribution in [0.25, 0.3) is 0 Å². The minimum Gasteiger partial charge on any atom is -0.549 e. The van der Waals surface area contributed by atoms with Gasteiger partial charge in [-0.2, -0.15) is 0 Å². The first kappa shape index (κ1) is 25.1. The molecule has 0 bridgehead atoms. The van der Waals surface area contributed by atoms with Gasteiger partial charge in [0, 0.05) is 5.41 Å². The van der Waals surface area contributed by atoms with Crippen LogP contribution in [0.3, 0.4) is 0 Å². The quantitative estimate of drug-likeness (QED) is 0.241. The molecule has 0 spiro atoms. The van der Waals surface area contributed by atoms with Gasteiger partial charge in [0.2, 0.25) is 0 Å². The number of hydrogen-bond donors (Lipinski definition) is 0. The molecule has 4 nitrogen and oxygen atoms in total. The third kappa shape index (κ3) is 8.25. The summed E-state index contributed by atoms with van der Waals surface area (Å²) in [5.74, 6) is -3.59. The van der Waals surface area contributed by atoms with Crippen LogP contribution in [-0.2, 0) is 9.59 Å². The van der Waals surface area contributed by atoms with Crippen molar-refractivity contribution in [3.05, 3.63) is 0 Å². The Balaban J connectivity index is -0.00000128. The summed E-state index contributed by atoms with van der Waals surface area (Å²) in [5.41, 5.74) is -1.88. The zero-order valence-electron chi connectivity index (χ0n) is 13.0. The van der Waals surface area contributed by atoms with Gasteiger partial charge in [-0.05, 0) is 19.3 Å². The molecular weight excluding hydrogens is 266 g/mol. The molecule has 1 atom stereocenters. The number of carboxylic acids is 2. The van der Waals surface area contributed by atoms with Crippen molar-refractivity contribution in [1.82, 2.24) is 0 Å². The molecule has 19 heavy (non-hydrogen) atoms. The summed E-state index contributed by atoms with van der Waals surface area (Å²) >= 11 is 0. The molecule has 0 saturated heterocycles.